The summed E-state index contributed by atoms with van der Waals surface area (Å²) >= 11 is 3.93. The number of hydrogen-bond acceptors (Lipinski definition) is 0. The summed E-state index contributed by atoms with van der Waals surface area (Å²) in [6, 6.07) is 8.78. The molecule has 0 saturated heterocycles. The van der Waals surface area contributed by atoms with Gasteiger partial charge in [-0.3, -0.25) is 0 Å². The molecular weight excluding hydrogens is 272 g/mol. The summed E-state index contributed by atoms with van der Waals surface area (Å²) in [7, 11) is 0. The Labute approximate surface area is 114 Å². The molecule has 17 heavy (non-hydrogen) atoms. The SMILES string of the molecule is Cc1ccccc1CC(Br)C1CCC(C)CC1. The monoisotopic (exact) mass is 294 g/mol. The summed E-state index contributed by atoms with van der Waals surface area (Å²) in [5.41, 5.74) is 2.94. The summed E-state index contributed by atoms with van der Waals surface area (Å²) in [5.74, 6) is 1.83. The van der Waals surface area contributed by atoms with E-state index in [-0.39, 0.29) is 0 Å². The van der Waals surface area contributed by atoms with Crippen LogP contribution in [0.15, 0.2) is 24.3 Å². The van der Waals surface area contributed by atoms with Crippen LogP contribution < -0.4 is 0 Å². The number of hydrogen-bond donors (Lipinski definition) is 0. The van der Waals surface area contributed by atoms with Crippen molar-refractivity contribution in [1.29, 1.82) is 0 Å². The highest BCUT2D eigenvalue weighted by molar-refractivity contribution is 9.09. The maximum absolute atomic E-state index is 3.93. The normalized spacial score (nSPS) is 26.8. The third-order valence-electron chi connectivity index (χ3n) is 4.25. The minimum absolute atomic E-state index is 0.663. The average molecular weight is 295 g/mol. The van der Waals surface area contributed by atoms with Gasteiger partial charge in [-0.1, -0.05) is 60.0 Å². The highest BCUT2D eigenvalue weighted by Gasteiger charge is 2.24. The topological polar surface area (TPSA) is 0 Å². The number of alkyl halides is 1. The number of rotatable bonds is 3. The molecule has 0 radical (unpaired) electrons. The lowest BCUT2D eigenvalue weighted by Crippen LogP contribution is -2.22. The molecule has 0 aliphatic heterocycles. The fourth-order valence-corrected chi connectivity index (χ4v) is 3.74. The van der Waals surface area contributed by atoms with Crippen LogP contribution in [0.5, 0.6) is 0 Å². The van der Waals surface area contributed by atoms with Crippen LogP contribution >= 0.6 is 15.9 Å². The molecule has 94 valence electrons. The molecular formula is C16H23Br. The summed E-state index contributed by atoms with van der Waals surface area (Å²) in [6.45, 7) is 4.61. The lowest BCUT2D eigenvalue weighted by atomic mass is 9.80. The van der Waals surface area contributed by atoms with Crippen molar-refractivity contribution in [2.24, 2.45) is 11.8 Å². The van der Waals surface area contributed by atoms with Crippen LogP contribution in [0.1, 0.15) is 43.7 Å². The van der Waals surface area contributed by atoms with E-state index in [2.05, 4.69) is 54.0 Å². The maximum Gasteiger partial charge on any atom is 0.0214 e. The van der Waals surface area contributed by atoms with Gasteiger partial charge in [0.25, 0.3) is 0 Å². The summed E-state index contributed by atoms with van der Waals surface area (Å²) < 4.78 is 0. The van der Waals surface area contributed by atoms with Gasteiger partial charge in [-0.2, -0.15) is 0 Å². The van der Waals surface area contributed by atoms with Gasteiger partial charge in [0.05, 0.1) is 0 Å². The lowest BCUT2D eigenvalue weighted by Gasteiger charge is -2.30. The second kappa shape index (κ2) is 6.04. The van der Waals surface area contributed by atoms with Crippen LogP contribution in [-0.4, -0.2) is 4.83 Å². The van der Waals surface area contributed by atoms with Crippen LogP contribution in [-0.2, 0) is 6.42 Å². The number of aryl methyl sites for hydroxylation is 1. The quantitative estimate of drug-likeness (QED) is 0.678. The maximum atomic E-state index is 3.93. The molecule has 1 aromatic carbocycles. The largest absolute Gasteiger partial charge is 0.0884 e. The molecule has 0 amide bonds. The molecule has 0 aromatic heterocycles. The van der Waals surface area contributed by atoms with E-state index in [4.69, 9.17) is 0 Å². The third kappa shape index (κ3) is 3.58. The minimum Gasteiger partial charge on any atom is -0.0884 e. The minimum atomic E-state index is 0.663. The molecule has 1 fully saturated rings. The first-order valence-electron chi connectivity index (χ1n) is 6.85. The highest BCUT2D eigenvalue weighted by atomic mass is 79.9. The average Bonchev–Trinajstić information content (AvgIpc) is 2.33. The zero-order valence-electron chi connectivity index (χ0n) is 11.0. The molecule has 0 N–H and O–H groups in total. The molecule has 1 aliphatic rings. The molecule has 0 spiro atoms. The fraction of sp³-hybridized carbons (Fsp3) is 0.625. The molecule has 0 nitrogen and oxygen atoms in total. The van der Waals surface area contributed by atoms with Crippen LogP contribution in [0.4, 0.5) is 0 Å². The molecule has 0 heterocycles. The van der Waals surface area contributed by atoms with Crippen LogP contribution in [0.25, 0.3) is 0 Å². The van der Waals surface area contributed by atoms with Crippen molar-refractivity contribution in [3.8, 4) is 0 Å². The van der Waals surface area contributed by atoms with E-state index in [1.165, 1.54) is 43.2 Å². The zero-order chi connectivity index (χ0) is 12.3. The number of benzene rings is 1. The predicted octanol–water partition coefficient (Wildman–Crippen LogP) is 5.13. The first kappa shape index (κ1) is 13.1. The Morgan fingerprint density at radius 1 is 1.18 bits per heavy atom. The van der Waals surface area contributed by atoms with Crippen molar-refractivity contribution in [3.63, 3.8) is 0 Å². The molecule has 1 aliphatic carbocycles. The van der Waals surface area contributed by atoms with Gasteiger partial charge in [-0.15, -0.1) is 0 Å². The lowest BCUT2D eigenvalue weighted by molar-refractivity contribution is 0.285. The van der Waals surface area contributed by atoms with Gasteiger partial charge in [-0.05, 0) is 49.1 Å². The Balaban J connectivity index is 1.93. The first-order chi connectivity index (χ1) is 8.16. The Morgan fingerprint density at radius 2 is 1.82 bits per heavy atom. The van der Waals surface area contributed by atoms with Crippen LogP contribution in [0.3, 0.4) is 0 Å². The van der Waals surface area contributed by atoms with Crippen molar-refractivity contribution in [3.05, 3.63) is 35.4 Å². The Hall–Kier alpha value is -0.300. The van der Waals surface area contributed by atoms with E-state index in [9.17, 15) is 0 Å². The summed E-state index contributed by atoms with van der Waals surface area (Å²) in [5, 5.41) is 0. The van der Waals surface area contributed by atoms with Crippen molar-refractivity contribution in [2.75, 3.05) is 0 Å². The second-order valence-electron chi connectivity index (χ2n) is 5.67. The Morgan fingerprint density at radius 3 is 2.47 bits per heavy atom. The van der Waals surface area contributed by atoms with Gasteiger partial charge in [-0.25, -0.2) is 0 Å². The van der Waals surface area contributed by atoms with Gasteiger partial charge in [0, 0.05) is 4.83 Å². The highest BCUT2D eigenvalue weighted by Crippen LogP contribution is 2.34. The molecule has 0 bridgehead atoms. The number of halogens is 1. The second-order valence-corrected chi connectivity index (χ2v) is 6.84. The third-order valence-corrected chi connectivity index (χ3v) is 5.32. The molecule has 1 saturated carbocycles. The fourth-order valence-electron chi connectivity index (χ4n) is 2.86. The summed E-state index contributed by atoms with van der Waals surface area (Å²) in [6.07, 6.45) is 6.83. The van der Waals surface area contributed by atoms with E-state index in [0.717, 1.165) is 11.8 Å². The van der Waals surface area contributed by atoms with Crippen LogP contribution in [0, 0.1) is 18.8 Å². The van der Waals surface area contributed by atoms with Gasteiger partial charge >= 0.3 is 0 Å². The zero-order valence-corrected chi connectivity index (χ0v) is 12.5. The molecule has 1 heteroatoms. The Bertz CT molecular complexity index is 350. The van der Waals surface area contributed by atoms with Crippen LogP contribution in [0.2, 0.25) is 0 Å². The van der Waals surface area contributed by atoms with Gasteiger partial charge < -0.3 is 0 Å². The van der Waals surface area contributed by atoms with Gasteiger partial charge in [0.2, 0.25) is 0 Å². The van der Waals surface area contributed by atoms with Gasteiger partial charge in [0.15, 0.2) is 0 Å². The van der Waals surface area contributed by atoms with E-state index in [1.807, 2.05) is 0 Å². The van der Waals surface area contributed by atoms with Crippen molar-refractivity contribution in [1.82, 2.24) is 0 Å². The molecule has 1 atom stereocenters. The molecule has 2 rings (SSSR count). The van der Waals surface area contributed by atoms with Crippen molar-refractivity contribution < 1.29 is 0 Å². The Kier molecular flexibility index (Phi) is 4.67. The van der Waals surface area contributed by atoms with Crippen molar-refractivity contribution in [2.45, 2.75) is 50.8 Å². The summed E-state index contributed by atoms with van der Waals surface area (Å²) in [4.78, 5) is 0.663. The smallest absolute Gasteiger partial charge is 0.0214 e. The predicted molar refractivity (Wildman–Crippen MR) is 78.7 cm³/mol. The first-order valence-corrected chi connectivity index (χ1v) is 7.77. The van der Waals surface area contributed by atoms with E-state index >= 15 is 0 Å². The molecule has 1 unspecified atom stereocenters. The van der Waals surface area contributed by atoms with E-state index in [0.29, 0.717) is 4.83 Å². The standard InChI is InChI=1S/C16H23Br/c1-12-7-9-14(10-8-12)16(17)11-15-6-4-3-5-13(15)2/h3-6,12,14,16H,7-11H2,1-2H3. The van der Waals surface area contributed by atoms with E-state index < -0.39 is 0 Å². The van der Waals surface area contributed by atoms with Gasteiger partial charge in [0.1, 0.15) is 0 Å². The van der Waals surface area contributed by atoms with E-state index in [1.54, 1.807) is 0 Å². The molecule has 1 aromatic rings. The van der Waals surface area contributed by atoms with Crippen molar-refractivity contribution >= 4 is 15.9 Å².